The van der Waals surface area contributed by atoms with Gasteiger partial charge < -0.3 is 20.9 Å². The van der Waals surface area contributed by atoms with Crippen molar-refractivity contribution in [2.24, 2.45) is 5.92 Å². The zero-order chi connectivity index (χ0) is 15.1. The summed E-state index contributed by atoms with van der Waals surface area (Å²) >= 11 is 0. The van der Waals surface area contributed by atoms with E-state index >= 15 is 0 Å². The van der Waals surface area contributed by atoms with Crippen molar-refractivity contribution in [2.45, 2.75) is 52.7 Å². The maximum atomic E-state index is 10.1. The molecule has 0 radical (unpaired) electrons. The Hall–Kier alpha value is -1.63. The lowest BCUT2D eigenvalue weighted by molar-refractivity contribution is 0.114. The summed E-state index contributed by atoms with van der Waals surface area (Å²) in [5, 5.41) is 13.0. The van der Waals surface area contributed by atoms with Crippen LogP contribution in [0.4, 0.5) is 11.9 Å². The molecule has 0 aliphatic rings. The summed E-state index contributed by atoms with van der Waals surface area (Å²) in [6.07, 6.45) is 1.37. The van der Waals surface area contributed by atoms with E-state index in [1.54, 1.807) is 0 Å². The second kappa shape index (κ2) is 7.84. The number of nitrogens with zero attached hydrogens (tertiary/aromatic N) is 3. The van der Waals surface area contributed by atoms with Gasteiger partial charge in [-0.2, -0.15) is 15.0 Å². The number of hydrogen-bond donors (Lipinski definition) is 3. The molecule has 0 amide bonds. The van der Waals surface area contributed by atoms with Crippen LogP contribution in [0.25, 0.3) is 0 Å². The number of aliphatic hydroxyl groups is 1. The minimum atomic E-state index is -0.447. The van der Waals surface area contributed by atoms with Crippen LogP contribution in [0, 0.1) is 5.92 Å². The molecule has 1 rings (SSSR count). The van der Waals surface area contributed by atoms with Crippen LogP contribution in [0.3, 0.4) is 0 Å². The number of nitrogen functional groups attached to an aromatic ring is 1. The summed E-state index contributed by atoms with van der Waals surface area (Å²) < 4.78 is 5.39. The fraction of sp³-hybridized carbons (Fsp3) is 0.769. The molecular formula is C13H25N5O2. The number of aromatic nitrogens is 3. The van der Waals surface area contributed by atoms with Crippen molar-refractivity contribution in [1.29, 1.82) is 0 Å². The second-order valence-corrected chi connectivity index (χ2v) is 4.99. The molecule has 4 N–H and O–H groups in total. The quantitative estimate of drug-likeness (QED) is 0.663. The SMILES string of the molecule is CCC(CC)C(O)CNc1nc(N)nc(OC(C)C)n1. The number of rotatable bonds is 8. The van der Waals surface area contributed by atoms with Gasteiger partial charge in [-0.25, -0.2) is 0 Å². The lowest BCUT2D eigenvalue weighted by Gasteiger charge is -2.20. The van der Waals surface area contributed by atoms with E-state index in [0.29, 0.717) is 12.5 Å². The predicted molar refractivity (Wildman–Crippen MR) is 78.6 cm³/mol. The van der Waals surface area contributed by atoms with E-state index in [1.165, 1.54) is 0 Å². The highest BCUT2D eigenvalue weighted by molar-refractivity contribution is 5.32. The van der Waals surface area contributed by atoms with Crippen molar-refractivity contribution in [2.75, 3.05) is 17.6 Å². The average molecular weight is 283 g/mol. The zero-order valence-corrected chi connectivity index (χ0v) is 12.6. The van der Waals surface area contributed by atoms with Gasteiger partial charge in [-0.05, 0) is 19.8 Å². The maximum absolute atomic E-state index is 10.1. The Morgan fingerprint density at radius 3 is 2.40 bits per heavy atom. The van der Waals surface area contributed by atoms with Crippen LogP contribution < -0.4 is 15.8 Å². The molecule has 114 valence electrons. The average Bonchev–Trinajstić information content (AvgIpc) is 2.36. The molecule has 0 aliphatic heterocycles. The van der Waals surface area contributed by atoms with Gasteiger partial charge in [0.05, 0.1) is 12.2 Å². The molecule has 7 nitrogen and oxygen atoms in total. The van der Waals surface area contributed by atoms with E-state index in [-0.39, 0.29) is 24.0 Å². The molecule has 1 atom stereocenters. The van der Waals surface area contributed by atoms with Crippen LogP contribution in [0.5, 0.6) is 6.01 Å². The number of aliphatic hydroxyl groups excluding tert-OH is 1. The molecule has 1 heterocycles. The van der Waals surface area contributed by atoms with Crippen LogP contribution in [-0.4, -0.2) is 38.8 Å². The lowest BCUT2D eigenvalue weighted by Crippen LogP contribution is -2.28. The van der Waals surface area contributed by atoms with Crippen molar-refractivity contribution in [3.8, 4) is 6.01 Å². The molecule has 0 aliphatic carbocycles. The molecule has 0 saturated carbocycles. The molecule has 1 aromatic rings. The van der Waals surface area contributed by atoms with E-state index in [0.717, 1.165) is 12.8 Å². The largest absolute Gasteiger partial charge is 0.461 e. The highest BCUT2D eigenvalue weighted by atomic mass is 16.5. The number of nitrogens with two attached hydrogens (primary N) is 1. The molecule has 0 fully saturated rings. The van der Waals surface area contributed by atoms with Crippen molar-refractivity contribution < 1.29 is 9.84 Å². The van der Waals surface area contributed by atoms with Gasteiger partial charge in [0.15, 0.2) is 0 Å². The van der Waals surface area contributed by atoms with Crippen LogP contribution in [0.15, 0.2) is 0 Å². The Labute approximate surface area is 120 Å². The van der Waals surface area contributed by atoms with Gasteiger partial charge in [0.1, 0.15) is 0 Å². The summed E-state index contributed by atoms with van der Waals surface area (Å²) in [6.45, 7) is 8.25. The molecule has 7 heteroatoms. The summed E-state index contributed by atoms with van der Waals surface area (Å²) in [5.74, 6) is 0.668. The van der Waals surface area contributed by atoms with Crippen molar-refractivity contribution in [3.63, 3.8) is 0 Å². The minimum absolute atomic E-state index is 0.0418. The molecule has 0 spiro atoms. The van der Waals surface area contributed by atoms with E-state index in [1.807, 2.05) is 13.8 Å². The summed E-state index contributed by atoms with van der Waals surface area (Å²) in [6, 6.07) is 0.187. The predicted octanol–water partition coefficient (Wildman–Crippen LogP) is 1.45. The normalized spacial score (nSPS) is 12.8. The Morgan fingerprint density at radius 2 is 1.85 bits per heavy atom. The van der Waals surface area contributed by atoms with Crippen LogP contribution in [0.2, 0.25) is 0 Å². The Morgan fingerprint density at radius 1 is 1.20 bits per heavy atom. The first kappa shape index (κ1) is 16.4. The van der Waals surface area contributed by atoms with Gasteiger partial charge in [-0.15, -0.1) is 0 Å². The Bertz CT molecular complexity index is 410. The first-order valence-electron chi connectivity index (χ1n) is 7.06. The molecule has 0 aromatic carbocycles. The highest BCUT2D eigenvalue weighted by Crippen LogP contribution is 2.15. The number of anilines is 2. The lowest BCUT2D eigenvalue weighted by atomic mass is 9.97. The van der Waals surface area contributed by atoms with Gasteiger partial charge in [-0.3, -0.25) is 0 Å². The van der Waals surface area contributed by atoms with Crippen molar-refractivity contribution >= 4 is 11.9 Å². The number of ether oxygens (including phenoxy) is 1. The van der Waals surface area contributed by atoms with E-state index in [4.69, 9.17) is 10.5 Å². The van der Waals surface area contributed by atoms with Gasteiger partial charge >= 0.3 is 6.01 Å². The second-order valence-electron chi connectivity index (χ2n) is 4.99. The standard InChI is InChI=1S/C13H25N5O2/c1-5-9(6-2)10(19)7-15-12-16-11(14)17-13(18-12)20-8(3)4/h8-10,19H,5-7H2,1-4H3,(H3,14,15,16,17,18). The fourth-order valence-electron chi connectivity index (χ4n) is 1.91. The van der Waals surface area contributed by atoms with Crippen molar-refractivity contribution in [3.05, 3.63) is 0 Å². The topological polar surface area (TPSA) is 106 Å². The van der Waals surface area contributed by atoms with E-state index in [9.17, 15) is 5.11 Å². The van der Waals surface area contributed by atoms with Crippen molar-refractivity contribution in [1.82, 2.24) is 15.0 Å². The number of nitrogens with one attached hydrogen (secondary N) is 1. The third-order valence-electron chi connectivity index (χ3n) is 3.04. The van der Waals surface area contributed by atoms with E-state index < -0.39 is 6.10 Å². The highest BCUT2D eigenvalue weighted by Gasteiger charge is 2.16. The van der Waals surface area contributed by atoms with Gasteiger partial charge in [0.25, 0.3) is 0 Å². The van der Waals surface area contributed by atoms with Gasteiger partial charge in [0, 0.05) is 6.54 Å². The Kier molecular flexibility index (Phi) is 6.44. The minimum Gasteiger partial charge on any atom is -0.461 e. The Balaban J connectivity index is 2.65. The van der Waals surface area contributed by atoms with Crippen LogP contribution in [0.1, 0.15) is 40.5 Å². The molecule has 20 heavy (non-hydrogen) atoms. The van der Waals surface area contributed by atoms with Gasteiger partial charge in [-0.1, -0.05) is 26.7 Å². The fourth-order valence-corrected chi connectivity index (χ4v) is 1.91. The van der Waals surface area contributed by atoms with Crippen LogP contribution in [-0.2, 0) is 0 Å². The third kappa shape index (κ3) is 5.16. The summed E-state index contributed by atoms with van der Waals surface area (Å²) in [7, 11) is 0. The molecule has 0 saturated heterocycles. The number of hydrogen-bond acceptors (Lipinski definition) is 7. The summed E-state index contributed by atoms with van der Waals surface area (Å²) in [5.41, 5.74) is 5.61. The first-order valence-corrected chi connectivity index (χ1v) is 7.06. The third-order valence-corrected chi connectivity index (χ3v) is 3.04. The first-order chi connectivity index (χ1) is 9.46. The molecule has 1 unspecified atom stereocenters. The van der Waals surface area contributed by atoms with Gasteiger partial charge in [0.2, 0.25) is 11.9 Å². The molecule has 0 bridgehead atoms. The van der Waals surface area contributed by atoms with Crippen LogP contribution >= 0.6 is 0 Å². The maximum Gasteiger partial charge on any atom is 0.323 e. The zero-order valence-electron chi connectivity index (χ0n) is 12.6. The smallest absolute Gasteiger partial charge is 0.323 e. The monoisotopic (exact) mass is 283 g/mol. The molecule has 1 aromatic heterocycles. The van der Waals surface area contributed by atoms with E-state index in [2.05, 4.69) is 34.1 Å². The molecular weight excluding hydrogens is 258 g/mol. The summed E-state index contributed by atoms with van der Waals surface area (Å²) in [4.78, 5) is 12.0.